The molecule has 0 aliphatic heterocycles. The first kappa shape index (κ1) is 20.1. The summed E-state index contributed by atoms with van der Waals surface area (Å²) in [4.78, 5) is 29.6. The van der Waals surface area contributed by atoms with Crippen LogP contribution in [0.1, 0.15) is 12.6 Å². The maximum atomic E-state index is 12.6. The molecular weight excluding hydrogens is 400 g/mol. The van der Waals surface area contributed by atoms with Crippen LogP contribution in [0.3, 0.4) is 0 Å². The molecule has 4 heterocycles. The van der Waals surface area contributed by atoms with Crippen molar-refractivity contribution in [2.24, 2.45) is 0 Å². The zero-order valence-electron chi connectivity index (χ0n) is 17.3. The first-order valence-electron chi connectivity index (χ1n) is 9.56. The van der Waals surface area contributed by atoms with Gasteiger partial charge in [0.2, 0.25) is 17.7 Å². The Bertz CT molecular complexity index is 1250. The Labute approximate surface area is 177 Å². The molecule has 4 aromatic heterocycles. The fraction of sp³-hybridized carbons (Fsp3) is 0.263. The molecule has 0 fully saturated rings. The third-order valence-electron chi connectivity index (χ3n) is 4.47. The normalized spacial score (nSPS) is 10.9. The van der Waals surface area contributed by atoms with E-state index in [1.54, 1.807) is 27.6 Å². The average Bonchev–Trinajstić information content (AvgIpc) is 3.30. The van der Waals surface area contributed by atoms with Gasteiger partial charge in [0.05, 0.1) is 19.1 Å². The van der Waals surface area contributed by atoms with Crippen LogP contribution in [0, 0.1) is 6.92 Å². The van der Waals surface area contributed by atoms with Crippen LogP contribution >= 0.6 is 0 Å². The molecule has 4 aromatic rings. The lowest BCUT2D eigenvalue weighted by molar-refractivity contribution is -0.116. The number of hydrogen-bond acceptors (Lipinski definition) is 9. The van der Waals surface area contributed by atoms with Crippen molar-refractivity contribution in [3.63, 3.8) is 0 Å². The summed E-state index contributed by atoms with van der Waals surface area (Å²) in [6.45, 7) is 4.48. The lowest BCUT2D eigenvalue weighted by atomic mass is 10.3. The number of carbonyl (C=O) groups is 1. The topological polar surface area (TPSA) is 151 Å². The van der Waals surface area contributed by atoms with Crippen molar-refractivity contribution in [3.8, 4) is 5.88 Å². The number of nitrogen functional groups attached to an aromatic ring is 1. The van der Waals surface area contributed by atoms with E-state index in [4.69, 9.17) is 10.5 Å². The molecule has 0 aliphatic rings. The molecule has 0 aromatic carbocycles. The maximum Gasteiger partial charge on any atom is 0.245 e. The van der Waals surface area contributed by atoms with Gasteiger partial charge < -0.3 is 25.7 Å². The Morgan fingerprint density at radius 1 is 1.26 bits per heavy atom. The Morgan fingerprint density at radius 3 is 2.87 bits per heavy atom. The summed E-state index contributed by atoms with van der Waals surface area (Å²) in [5.74, 6) is 1.32. The fourth-order valence-electron chi connectivity index (χ4n) is 3.12. The van der Waals surface area contributed by atoms with Crippen molar-refractivity contribution < 1.29 is 9.53 Å². The number of amides is 1. The van der Waals surface area contributed by atoms with Crippen molar-refractivity contribution in [2.75, 3.05) is 23.5 Å². The Balaban J connectivity index is 1.59. The highest BCUT2D eigenvalue weighted by molar-refractivity contribution is 5.92. The second kappa shape index (κ2) is 8.26. The summed E-state index contributed by atoms with van der Waals surface area (Å²) in [5.41, 5.74) is 8.34. The molecule has 31 heavy (non-hydrogen) atoms. The molecule has 12 nitrogen and oxygen atoms in total. The van der Waals surface area contributed by atoms with Gasteiger partial charge in [-0.3, -0.25) is 4.79 Å². The Morgan fingerprint density at radius 2 is 2.10 bits per heavy atom. The van der Waals surface area contributed by atoms with Crippen molar-refractivity contribution in [1.82, 2.24) is 34.3 Å². The molecule has 0 radical (unpaired) electrons. The van der Waals surface area contributed by atoms with E-state index in [2.05, 4.69) is 35.7 Å². The van der Waals surface area contributed by atoms with Crippen LogP contribution in [-0.4, -0.2) is 47.3 Å². The van der Waals surface area contributed by atoms with Gasteiger partial charge in [-0.05, 0) is 19.9 Å². The molecule has 0 atom stereocenters. The smallest absolute Gasteiger partial charge is 0.245 e. The van der Waals surface area contributed by atoms with Crippen LogP contribution in [0.15, 0.2) is 30.7 Å². The summed E-state index contributed by atoms with van der Waals surface area (Å²) >= 11 is 0. The predicted octanol–water partition coefficient (Wildman–Crippen LogP) is 1.72. The highest BCUT2D eigenvalue weighted by atomic mass is 16.5. The summed E-state index contributed by atoms with van der Waals surface area (Å²) in [6.07, 6.45) is 3.13. The Kier molecular flexibility index (Phi) is 5.35. The molecule has 0 spiro atoms. The number of hydrogen-bond donors (Lipinski definition) is 3. The number of rotatable bonds is 7. The van der Waals surface area contributed by atoms with Gasteiger partial charge in [0.15, 0.2) is 17.0 Å². The van der Waals surface area contributed by atoms with Crippen LogP contribution < -0.4 is 21.1 Å². The molecule has 0 saturated heterocycles. The van der Waals surface area contributed by atoms with Crippen molar-refractivity contribution in [2.45, 2.75) is 26.9 Å². The Hall–Kier alpha value is -4.22. The predicted molar refractivity (Wildman–Crippen MR) is 115 cm³/mol. The largest absolute Gasteiger partial charge is 0.481 e. The monoisotopic (exact) mass is 422 g/mol. The minimum atomic E-state index is -0.237. The number of aromatic nitrogens is 7. The van der Waals surface area contributed by atoms with E-state index < -0.39 is 0 Å². The maximum absolute atomic E-state index is 12.6. The van der Waals surface area contributed by atoms with Crippen LogP contribution in [-0.2, 0) is 17.9 Å². The number of ether oxygens (including phenoxy) is 1. The van der Waals surface area contributed by atoms with Gasteiger partial charge >= 0.3 is 0 Å². The van der Waals surface area contributed by atoms with Gasteiger partial charge in [0.25, 0.3) is 0 Å². The molecule has 0 saturated carbocycles. The first-order chi connectivity index (χ1) is 15.0. The highest BCUT2D eigenvalue weighted by Gasteiger charge is 2.16. The van der Waals surface area contributed by atoms with E-state index in [-0.39, 0.29) is 18.4 Å². The number of nitrogens with two attached hydrogens (primary N) is 1. The summed E-state index contributed by atoms with van der Waals surface area (Å²) in [5, 5.41) is 10.3. The van der Waals surface area contributed by atoms with Crippen molar-refractivity contribution in [1.29, 1.82) is 0 Å². The van der Waals surface area contributed by atoms with E-state index in [1.807, 2.05) is 19.9 Å². The number of carbonyl (C=O) groups excluding carboxylic acids is 1. The van der Waals surface area contributed by atoms with E-state index in [0.717, 1.165) is 5.69 Å². The molecule has 4 N–H and O–H groups in total. The molecular formula is C19H22N10O2. The number of nitrogens with zero attached hydrogens (tertiary/aromatic N) is 7. The average molecular weight is 422 g/mol. The van der Waals surface area contributed by atoms with Gasteiger partial charge in [0.1, 0.15) is 12.4 Å². The van der Waals surface area contributed by atoms with E-state index >= 15 is 0 Å². The summed E-state index contributed by atoms with van der Waals surface area (Å²) < 4.78 is 8.48. The van der Waals surface area contributed by atoms with Crippen molar-refractivity contribution in [3.05, 3.63) is 36.4 Å². The molecule has 0 unspecified atom stereocenters. The molecule has 1 amide bonds. The second-order valence-corrected chi connectivity index (χ2v) is 6.72. The summed E-state index contributed by atoms with van der Waals surface area (Å²) in [6, 6.07) is 5.29. The third-order valence-corrected chi connectivity index (χ3v) is 4.47. The van der Waals surface area contributed by atoms with Gasteiger partial charge in [0, 0.05) is 30.6 Å². The third kappa shape index (κ3) is 4.22. The molecule has 0 aliphatic carbocycles. The van der Waals surface area contributed by atoms with E-state index in [9.17, 15) is 4.79 Å². The number of imidazole rings is 1. The number of pyridine rings is 1. The quantitative estimate of drug-likeness (QED) is 0.404. The standard InChI is InChI=1S/C19H22N10O2/c1-4-29-13(7-11(2)27-29)24-14(30)9-28-10-22-16-17(25-19(20)26-18(16)28)23-12-5-6-21-15(8-12)31-3/h5-8,10H,4,9H2,1-3H3,(H,24,30)(H3,20,21,23,25,26). The molecule has 160 valence electrons. The number of fused-ring (bicyclic) bond motifs is 1. The van der Waals surface area contributed by atoms with Gasteiger partial charge in [-0.2, -0.15) is 15.1 Å². The molecule has 12 heteroatoms. The minimum Gasteiger partial charge on any atom is -0.481 e. The zero-order valence-corrected chi connectivity index (χ0v) is 17.3. The minimum absolute atomic E-state index is 0.00339. The number of nitrogens with one attached hydrogen (secondary N) is 2. The van der Waals surface area contributed by atoms with Crippen LogP contribution in [0.4, 0.5) is 23.3 Å². The molecule has 4 rings (SSSR count). The number of methoxy groups -OCH3 is 1. The second-order valence-electron chi connectivity index (χ2n) is 6.72. The fourth-order valence-corrected chi connectivity index (χ4v) is 3.12. The lowest BCUT2D eigenvalue weighted by Crippen LogP contribution is -2.20. The van der Waals surface area contributed by atoms with Gasteiger partial charge in [-0.15, -0.1) is 0 Å². The van der Waals surface area contributed by atoms with E-state index in [0.29, 0.717) is 40.9 Å². The SMILES string of the molecule is CCn1nc(C)cc1NC(=O)Cn1cnc2c(Nc3ccnc(OC)c3)nc(N)nc21. The zero-order chi connectivity index (χ0) is 22.0. The molecule has 0 bridgehead atoms. The number of aryl methyl sites for hydroxylation is 2. The van der Waals surface area contributed by atoms with Crippen molar-refractivity contribution >= 4 is 40.3 Å². The van der Waals surface area contributed by atoms with Crippen LogP contribution in [0.5, 0.6) is 5.88 Å². The lowest BCUT2D eigenvalue weighted by Gasteiger charge is -2.09. The highest BCUT2D eigenvalue weighted by Crippen LogP contribution is 2.25. The summed E-state index contributed by atoms with van der Waals surface area (Å²) in [7, 11) is 1.54. The number of anilines is 4. The first-order valence-corrected chi connectivity index (χ1v) is 9.56. The van der Waals surface area contributed by atoms with Gasteiger partial charge in [-0.25, -0.2) is 14.6 Å². The van der Waals surface area contributed by atoms with Crippen LogP contribution in [0.2, 0.25) is 0 Å². The van der Waals surface area contributed by atoms with E-state index in [1.165, 1.54) is 13.4 Å². The van der Waals surface area contributed by atoms with Crippen LogP contribution in [0.25, 0.3) is 11.2 Å². The van der Waals surface area contributed by atoms with Gasteiger partial charge in [-0.1, -0.05) is 0 Å².